The number of ether oxygens (including phenoxy) is 1. The van der Waals surface area contributed by atoms with Crippen molar-refractivity contribution in [1.29, 1.82) is 5.26 Å². The maximum absolute atomic E-state index is 13.9. The van der Waals surface area contributed by atoms with Gasteiger partial charge in [-0.25, -0.2) is 4.39 Å². The van der Waals surface area contributed by atoms with Crippen LogP contribution in [0.3, 0.4) is 0 Å². The number of nitrogens with zero attached hydrogens (tertiary/aromatic N) is 1. The van der Waals surface area contributed by atoms with Crippen LogP contribution in [0, 0.1) is 24.1 Å². The molecule has 0 aliphatic rings. The van der Waals surface area contributed by atoms with E-state index in [0.717, 1.165) is 11.1 Å². The molecule has 4 nitrogen and oxygen atoms in total. The first-order valence-corrected chi connectivity index (χ1v) is 10.6. The molecule has 0 aliphatic carbocycles. The summed E-state index contributed by atoms with van der Waals surface area (Å²) in [5.74, 6) is -0.289. The van der Waals surface area contributed by atoms with Gasteiger partial charge in [-0.1, -0.05) is 48.0 Å². The molecule has 3 aromatic carbocycles. The van der Waals surface area contributed by atoms with Crippen LogP contribution < -0.4 is 10.1 Å². The second-order valence-electron chi connectivity index (χ2n) is 7.28. The molecule has 0 atom stereocenters. The minimum atomic E-state index is -0.534. The highest BCUT2D eigenvalue weighted by Crippen LogP contribution is 2.26. The second kappa shape index (κ2) is 11.1. The molecule has 1 amide bonds. The van der Waals surface area contributed by atoms with Gasteiger partial charge in [-0.3, -0.25) is 4.79 Å². The fourth-order valence-corrected chi connectivity index (χ4v) is 3.34. The lowest BCUT2D eigenvalue weighted by Crippen LogP contribution is -2.14. The molecule has 0 spiro atoms. The number of benzene rings is 3. The SMILES string of the molecule is C=CCc1cc(/C=C(\C#N)C(=O)Nc2cccc(Cl)c2C)ccc1OCc1ccccc1F. The molecule has 0 unspecified atom stereocenters. The van der Waals surface area contributed by atoms with Gasteiger partial charge in [0, 0.05) is 16.3 Å². The third-order valence-corrected chi connectivity index (χ3v) is 5.39. The zero-order valence-corrected chi connectivity index (χ0v) is 18.8. The summed E-state index contributed by atoms with van der Waals surface area (Å²) in [6.45, 7) is 5.64. The van der Waals surface area contributed by atoms with Crippen LogP contribution in [-0.2, 0) is 17.8 Å². The van der Waals surface area contributed by atoms with Gasteiger partial charge in [-0.2, -0.15) is 5.26 Å². The molecule has 0 saturated heterocycles. The normalized spacial score (nSPS) is 10.9. The van der Waals surface area contributed by atoms with Crippen molar-refractivity contribution in [3.8, 4) is 11.8 Å². The number of carbonyl (C=O) groups is 1. The molecule has 0 heterocycles. The number of anilines is 1. The maximum Gasteiger partial charge on any atom is 0.266 e. The maximum atomic E-state index is 13.9. The Hall–Kier alpha value is -3.88. The van der Waals surface area contributed by atoms with Crippen molar-refractivity contribution in [2.45, 2.75) is 20.0 Å². The topological polar surface area (TPSA) is 62.1 Å². The fraction of sp³-hybridized carbons (Fsp3) is 0.111. The first-order valence-electron chi connectivity index (χ1n) is 10.2. The van der Waals surface area contributed by atoms with Crippen LogP contribution in [0.25, 0.3) is 6.08 Å². The summed E-state index contributed by atoms with van der Waals surface area (Å²) in [5, 5.41) is 12.8. The number of halogens is 2. The number of nitrogens with one attached hydrogen (secondary N) is 1. The first-order chi connectivity index (χ1) is 15.9. The summed E-state index contributed by atoms with van der Waals surface area (Å²) in [4.78, 5) is 12.7. The highest BCUT2D eigenvalue weighted by Gasteiger charge is 2.13. The largest absolute Gasteiger partial charge is 0.489 e. The minimum Gasteiger partial charge on any atom is -0.489 e. The summed E-state index contributed by atoms with van der Waals surface area (Å²) in [7, 11) is 0. The molecule has 0 bridgehead atoms. The Morgan fingerprint density at radius 2 is 1.97 bits per heavy atom. The van der Waals surface area contributed by atoms with E-state index < -0.39 is 5.91 Å². The third kappa shape index (κ3) is 6.09. The molecule has 0 saturated carbocycles. The fourth-order valence-electron chi connectivity index (χ4n) is 3.16. The molecule has 33 heavy (non-hydrogen) atoms. The van der Waals surface area contributed by atoms with Gasteiger partial charge in [0.1, 0.15) is 29.8 Å². The molecule has 0 fully saturated rings. The van der Waals surface area contributed by atoms with Gasteiger partial charge in [0.05, 0.1) is 0 Å². The van der Waals surface area contributed by atoms with Crippen LogP contribution in [0.15, 0.2) is 78.9 Å². The summed E-state index contributed by atoms with van der Waals surface area (Å²) >= 11 is 6.10. The Morgan fingerprint density at radius 1 is 1.18 bits per heavy atom. The lowest BCUT2D eigenvalue weighted by Gasteiger charge is -2.12. The lowest BCUT2D eigenvalue weighted by molar-refractivity contribution is -0.112. The van der Waals surface area contributed by atoms with Gasteiger partial charge in [-0.05, 0) is 66.4 Å². The van der Waals surface area contributed by atoms with Gasteiger partial charge in [0.25, 0.3) is 5.91 Å². The van der Waals surface area contributed by atoms with Crippen molar-refractivity contribution in [3.63, 3.8) is 0 Å². The van der Waals surface area contributed by atoms with Crippen molar-refractivity contribution >= 4 is 29.3 Å². The number of hydrogen-bond donors (Lipinski definition) is 1. The smallest absolute Gasteiger partial charge is 0.266 e. The monoisotopic (exact) mass is 460 g/mol. The molecule has 6 heteroatoms. The van der Waals surface area contributed by atoms with Crippen LogP contribution in [0.2, 0.25) is 5.02 Å². The quantitative estimate of drug-likeness (QED) is 0.233. The van der Waals surface area contributed by atoms with E-state index in [1.807, 2.05) is 12.1 Å². The average molecular weight is 461 g/mol. The predicted molar refractivity (Wildman–Crippen MR) is 129 cm³/mol. The van der Waals surface area contributed by atoms with Gasteiger partial charge in [0.2, 0.25) is 0 Å². The molecule has 166 valence electrons. The summed E-state index contributed by atoms with van der Waals surface area (Å²) < 4.78 is 19.7. The number of hydrogen-bond acceptors (Lipinski definition) is 3. The Bertz CT molecular complexity index is 1260. The van der Waals surface area contributed by atoms with Crippen LogP contribution >= 0.6 is 11.6 Å². The van der Waals surface area contributed by atoms with Crippen molar-refractivity contribution in [3.05, 3.63) is 112 Å². The molecule has 3 aromatic rings. The molecule has 0 aromatic heterocycles. The Morgan fingerprint density at radius 3 is 2.70 bits per heavy atom. The molecule has 0 radical (unpaired) electrons. The highest BCUT2D eigenvalue weighted by molar-refractivity contribution is 6.31. The van der Waals surface area contributed by atoms with E-state index in [1.54, 1.807) is 61.5 Å². The van der Waals surface area contributed by atoms with Crippen molar-refractivity contribution in [2.24, 2.45) is 0 Å². The summed E-state index contributed by atoms with van der Waals surface area (Å²) in [6, 6.07) is 18.8. The molecular weight excluding hydrogens is 439 g/mol. The first kappa shape index (κ1) is 23.8. The van der Waals surface area contributed by atoms with Crippen LogP contribution in [0.4, 0.5) is 10.1 Å². The number of nitriles is 1. The van der Waals surface area contributed by atoms with E-state index in [-0.39, 0.29) is 18.0 Å². The van der Waals surface area contributed by atoms with Crippen molar-refractivity contribution in [2.75, 3.05) is 5.32 Å². The van der Waals surface area contributed by atoms with Gasteiger partial charge < -0.3 is 10.1 Å². The van der Waals surface area contributed by atoms with E-state index >= 15 is 0 Å². The zero-order chi connectivity index (χ0) is 23.8. The van der Waals surface area contributed by atoms with Crippen LogP contribution in [-0.4, -0.2) is 5.91 Å². The molecule has 1 N–H and O–H groups in total. The van der Waals surface area contributed by atoms with Crippen molar-refractivity contribution < 1.29 is 13.9 Å². The minimum absolute atomic E-state index is 0.0565. The van der Waals surface area contributed by atoms with Crippen LogP contribution in [0.1, 0.15) is 22.3 Å². The Labute approximate surface area is 197 Å². The van der Waals surface area contributed by atoms with Crippen molar-refractivity contribution in [1.82, 2.24) is 0 Å². The predicted octanol–water partition coefficient (Wildman–Crippen LogP) is 6.64. The second-order valence-corrected chi connectivity index (χ2v) is 7.68. The van der Waals surface area contributed by atoms with Gasteiger partial charge >= 0.3 is 0 Å². The molecule has 0 aliphatic heterocycles. The molecule has 3 rings (SSSR count). The van der Waals surface area contributed by atoms with Gasteiger partial charge in [-0.15, -0.1) is 6.58 Å². The van der Waals surface area contributed by atoms with Crippen LogP contribution in [0.5, 0.6) is 5.75 Å². The molecular formula is C27H22ClFN2O2. The third-order valence-electron chi connectivity index (χ3n) is 4.98. The van der Waals surface area contributed by atoms with E-state index in [1.165, 1.54) is 12.1 Å². The number of allylic oxidation sites excluding steroid dienone is 1. The average Bonchev–Trinajstić information content (AvgIpc) is 2.81. The lowest BCUT2D eigenvalue weighted by atomic mass is 10.0. The van der Waals surface area contributed by atoms with E-state index in [2.05, 4.69) is 11.9 Å². The number of carbonyl (C=O) groups excluding carboxylic acids is 1. The van der Waals surface area contributed by atoms with E-state index in [4.69, 9.17) is 16.3 Å². The number of amides is 1. The zero-order valence-electron chi connectivity index (χ0n) is 18.1. The summed E-state index contributed by atoms with van der Waals surface area (Å²) in [6.07, 6.45) is 3.73. The standard InChI is InChI=1S/C27H22ClFN2O2/c1-3-7-20-14-19(12-13-26(20)33-17-21-8-4-5-10-24(21)29)15-22(16-30)27(32)31-25-11-6-9-23(28)18(25)2/h3-6,8-15H,1,7,17H2,2H3,(H,31,32)/b22-15+. The van der Waals surface area contributed by atoms with Gasteiger partial charge in [0.15, 0.2) is 0 Å². The summed E-state index contributed by atoms with van der Waals surface area (Å²) in [5.41, 5.74) is 3.11. The Kier molecular flexibility index (Phi) is 8.01. The van der Waals surface area contributed by atoms with E-state index in [0.29, 0.717) is 34.0 Å². The highest BCUT2D eigenvalue weighted by atomic mass is 35.5. The Balaban J connectivity index is 1.82. The number of rotatable bonds is 8. The van der Waals surface area contributed by atoms with E-state index in [9.17, 15) is 14.4 Å².